The Balaban J connectivity index is 1.59. The smallest absolute Gasteiger partial charge is 0.0218 e. The van der Waals surface area contributed by atoms with Crippen LogP contribution in [0.15, 0.2) is 84.9 Å². The Morgan fingerprint density at radius 2 is 1.12 bits per heavy atom. The van der Waals surface area contributed by atoms with Crippen molar-refractivity contribution in [3.8, 4) is 22.3 Å². The van der Waals surface area contributed by atoms with Gasteiger partial charge in [-0.15, -0.1) is 0 Å². The highest BCUT2D eigenvalue weighted by atomic mass is 14.9. The largest absolute Gasteiger partial charge is 0.309 e. The molecule has 2 aliphatic heterocycles. The summed E-state index contributed by atoms with van der Waals surface area (Å²) in [6.45, 7) is 3.77. The topological polar surface area (TPSA) is 24.1 Å². The molecule has 0 saturated heterocycles. The third-order valence-electron chi connectivity index (χ3n) is 6.69. The summed E-state index contributed by atoms with van der Waals surface area (Å²) in [7, 11) is 0. The Labute approximate surface area is 189 Å². The average Bonchev–Trinajstić information content (AvgIpc) is 3.52. The number of hydrogen-bond donors (Lipinski definition) is 2. The van der Waals surface area contributed by atoms with Gasteiger partial charge in [0, 0.05) is 26.2 Å². The van der Waals surface area contributed by atoms with Crippen LogP contribution in [0.4, 0.5) is 0 Å². The number of fused-ring (bicyclic) bond motifs is 2. The third kappa shape index (κ3) is 3.38. The molecule has 2 nitrogen and oxygen atoms in total. The zero-order valence-electron chi connectivity index (χ0n) is 18.1. The molecule has 0 radical (unpaired) electrons. The van der Waals surface area contributed by atoms with E-state index in [9.17, 15) is 0 Å². The number of hydrogen-bond acceptors (Lipinski definition) is 2. The Morgan fingerprint density at radius 1 is 0.500 bits per heavy atom. The lowest BCUT2D eigenvalue weighted by molar-refractivity contribution is 0.765. The van der Waals surface area contributed by atoms with Gasteiger partial charge >= 0.3 is 0 Å². The minimum Gasteiger partial charge on any atom is -0.309 e. The van der Waals surface area contributed by atoms with Crippen LogP contribution in [0.3, 0.4) is 0 Å². The molecule has 2 heterocycles. The zero-order chi connectivity index (χ0) is 21.3. The number of nitrogens with one attached hydrogen (secondary N) is 2. The van der Waals surface area contributed by atoms with E-state index >= 15 is 0 Å². The second-order valence-electron chi connectivity index (χ2n) is 8.61. The van der Waals surface area contributed by atoms with E-state index in [1.54, 1.807) is 0 Å². The summed E-state index contributed by atoms with van der Waals surface area (Å²) in [6.07, 6.45) is 4.50. The second-order valence-corrected chi connectivity index (χ2v) is 8.61. The molecule has 2 heteroatoms. The van der Waals surface area contributed by atoms with Crippen LogP contribution in [0.25, 0.3) is 34.4 Å². The Hall–Kier alpha value is -3.46. The summed E-state index contributed by atoms with van der Waals surface area (Å²) in [6, 6.07) is 30.8. The van der Waals surface area contributed by atoms with Crippen LogP contribution < -0.4 is 10.6 Å². The average molecular weight is 415 g/mol. The van der Waals surface area contributed by atoms with Crippen LogP contribution in [-0.4, -0.2) is 0 Å². The van der Waals surface area contributed by atoms with Crippen molar-refractivity contribution in [2.24, 2.45) is 0 Å². The van der Waals surface area contributed by atoms with Crippen LogP contribution in [0.5, 0.6) is 0 Å². The van der Waals surface area contributed by atoms with Crippen molar-refractivity contribution in [2.45, 2.75) is 26.2 Å². The highest BCUT2D eigenvalue weighted by Gasteiger charge is 2.22. The van der Waals surface area contributed by atoms with Crippen molar-refractivity contribution >= 4 is 12.2 Å². The highest BCUT2D eigenvalue weighted by Crippen LogP contribution is 2.41. The molecule has 0 bridgehead atoms. The van der Waals surface area contributed by atoms with Gasteiger partial charge in [0.2, 0.25) is 0 Å². The fraction of sp³-hybridized carbons (Fsp3) is 0.133. The Kier molecular flexibility index (Phi) is 4.95. The molecular weight excluding hydrogens is 388 g/mol. The molecule has 0 amide bonds. The third-order valence-corrected chi connectivity index (χ3v) is 6.69. The van der Waals surface area contributed by atoms with E-state index in [1.165, 1.54) is 55.6 Å². The first-order valence-electron chi connectivity index (χ1n) is 11.4. The predicted octanol–water partition coefficient (Wildman–Crippen LogP) is 6.40. The molecule has 2 N–H and O–H groups in total. The summed E-state index contributed by atoms with van der Waals surface area (Å²) >= 11 is 0. The van der Waals surface area contributed by atoms with Gasteiger partial charge in [-0.25, -0.2) is 0 Å². The fourth-order valence-electron chi connectivity index (χ4n) is 5.13. The van der Waals surface area contributed by atoms with E-state index in [2.05, 4.69) is 108 Å². The molecule has 2 aliphatic rings. The summed E-state index contributed by atoms with van der Waals surface area (Å²) in [5.41, 5.74) is 13.5. The van der Waals surface area contributed by atoms with Crippen molar-refractivity contribution < 1.29 is 0 Å². The molecule has 156 valence electrons. The fourth-order valence-corrected chi connectivity index (χ4v) is 5.13. The molecule has 32 heavy (non-hydrogen) atoms. The molecule has 0 fully saturated rings. The van der Waals surface area contributed by atoms with Gasteiger partial charge in [0.25, 0.3) is 0 Å². The maximum atomic E-state index is 3.55. The summed E-state index contributed by atoms with van der Waals surface area (Å²) < 4.78 is 0. The lowest BCUT2D eigenvalue weighted by atomic mass is 9.85. The van der Waals surface area contributed by atoms with Gasteiger partial charge in [-0.2, -0.15) is 0 Å². The van der Waals surface area contributed by atoms with Gasteiger partial charge in [-0.3, -0.25) is 0 Å². The van der Waals surface area contributed by atoms with Crippen LogP contribution in [0.1, 0.15) is 33.4 Å². The SMILES string of the molecule is C(=Cc1cccc(-c2cccc3c2CNC3)c1-c1cccc2c1CNC2)c1ccccc1. The van der Waals surface area contributed by atoms with Gasteiger partial charge in [0.05, 0.1) is 0 Å². The molecule has 4 aromatic rings. The minimum atomic E-state index is 0.927. The van der Waals surface area contributed by atoms with E-state index in [0.29, 0.717) is 0 Å². The molecule has 0 saturated carbocycles. The summed E-state index contributed by atoms with van der Waals surface area (Å²) in [5, 5.41) is 7.08. The van der Waals surface area contributed by atoms with Crippen LogP contribution in [0, 0.1) is 0 Å². The maximum Gasteiger partial charge on any atom is 0.0218 e. The molecule has 6 rings (SSSR count). The molecule has 4 aromatic carbocycles. The van der Waals surface area contributed by atoms with Crippen molar-refractivity contribution in [3.05, 3.63) is 118 Å². The van der Waals surface area contributed by atoms with Crippen molar-refractivity contribution in [1.82, 2.24) is 10.6 Å². The van der Waals surface area contributed by atoms with Gasteiger partial charge < -0.3 is 10.6 Å². The molecular formula is C30H26N2. The first-order valence-corrected chi connectivity index (χ1v) is 11.4. The van der Waals surface area contributed by atoms with E-state index in [0.717, 1.165) is 26.2 Å². The van der Waals surface area contributed by atoms with E-state index < -0.39 is 0 Å². The maximum absolute atomic E-state index is 3.55. The van der Waals surface area contributed by atoms with Gasteiger partial charge in [-0.1, -0.05) is 97.1 Å². The second kappa shape index (κ2) is 8.23. The predicted molar refractivity (Wildman–Crippen MR) is 134 cm³/mol. The Bertz CT molecular complexity index is 1320. The summed E-state index contributed by atoms with van der Waals surface area (Å²) in [4.78, 5) is 0. The van der Waals surface area contributed by atoms with E-state index in [1.807, 2.05) is 0 Å². The van der Waals surface area contributed by atoms with Crippen molar-refractivity contribution in [3.63, 3.8) is 0 Å². The van der Waals surface area contributed by atoms with Gasteiger partial charge in [0.1, 0.15) is 0 Å². The van der Waals surface area contributed by atoms with Crippen LogP contribution in [0.2, 0.25) is 0 Å². The molecule has 0 aliphatic carbocycles. The molecule has 0 atom stereocenters. The number of benzene rings is 4. The quantitative estimate of drug-likeness (QED) is 0.378. The van der Waals surface area contributed by atoms with Gasteiger partial charge in [-0.05, 0) is 55.6 Å². The highest BCUT2D eigenvalue weighted by molar-refractivity contribution is 5.94. The van der Waals surface area contributed by atoms with E-state index in [-0.39, 0.29) is 0 Å². The standard InChI is InChI=1S/C30H26N2/c1-2-7-21(8-3-1)15-16-22-9-4-13-26(25-12-5-10-23-17-31-19-28(23)25)30(22)27-14-6-11-24-18-32-20-29(24)27/h1-16,31-32H,17-20H2. The zero-order valence-corrected chi connectivity index (χ0v) is 18.1. The minimum absolute atomic E-state index is 0.927. The van der Waals surface area contributed by atoms with Crippen molar-refractivity contribution in [1.29, 1.82) is 0 Å². The molecule has 0 unspecified atom stereocenters. The summed E-state index contributed by atoms with van der Waals surface area (Å²) in [5.74, 6) is 0. The first kappa shape index (κ1) is 19.2. The molecule has 0 spiro atoms. The van der Waals surface area contributed by atoms with Crippen LogP contribution >= 0.6 is 0 Å². The van der Waals surface area contributed by atoms with Crippen molar-refractivity contribution in [2.75, 3.05) is 0 Å². The monoisotopic (exact) mass is 414 g/mol. The van der Waals surface area contributed by atoms with E-state index in [4.69, 9.17) is 0 Å². The number of rotatable bonds is 4. The molecule has 0 aromatic heterocycles. The van der Waals surface area contributed by atoms with Crippen LogP contribution in [-0.2, 0) is 26.2 Å². The first-order chi connectivity index (χ1) is 15.9. The normalized spacial score (nSPS) is 14.6. The van der Waals surface area contributed by atoms with Gasteiger partial charge in [0.15, 0.2) is 0 Å². The lowest BCUT2D eigenvalue weighted by Crippen LogP contribution is -2.01. The Morgan fingerprint density at radius 3 is 1.88 bits per heavy atom. The lowest BCUT2D eigenvalue weighted by Gasteiger charge is -2.18.